The molecule has 0 unspecified atom stereocenters. The minimum absolute atomic E-state index is 0.0290. The number of fused-ring (bicyclic) bond motifs is 1. The molecule has 3 rings (SSSR count). The first-order chi connectivity index (χ1) is 10.2. The van der Waals surface area contributed by atoms with E-state index in [1.807, 2.05) is 12.1 Å². The number of nitrogens with one attached hydrogen (secondary N) is 1. The molecule has 1 heterocycles. The second-order valence-electron chi connectivity index (χ2n) is 5.71. The fourth-order valence-electron chi connectivity index (χ4n) is 2.96. The lowest BCUT2D eigenvalue weighted by Crippen LogP contribution is -2.38. The van der Waals surface area contributed by atoms with E-state index in [2.05, 4.69) is 11.4 Å². The van der Waals surface area contributed by atoms with Crippen molar-refractivity contribution in [2.45, 2.75) is 44.6 Å². The van der Waals surface area contributed by atoms with Gasteiger partial charge in [-0.3, -0.25) is 4.79 Å². The number of rotatable bonds is 4. The summed E-state index contributed by atoms with van der Waals surface area (Å²) in [6.07, 6.45) is 8.40. The lowest BCUT2D eigenvalue weighted by molar-refractivity contribution is -0.127. The van der Waals surface area contributed by atoms with Gasteiger partial charge in [-0.2, -0.15) is 0 Å². The fourth-order valence-corrected chi connectivity index (χ4v) is 3.15. The number of carbonyl (C=O) groups excluding carboxylic acids is 1. The number of halogens is 1. The highest BCUT2D eigenvalue weighted by Crippen LogP contribution is 2.31. The van der Waals surface area contributed by atoms with Gasteiger partial charge in [-0.25, -0.2) is 0 Å². The molecule has 3 nitrogen and oxygen atoms in total. The van der Waals surface area contributed by atoms with E-state index in [-0.39, 0.29) is 5.91 Å². The summed E-state index contributed by atoms with van der Waals surface area (Å²) in [6.45, 7) is 0.696. The predicted octanol–water partition coefficient (Wildman–Crippen LogP) is 3.65. The number of ether oxygens (including phenoxy) is 1. The Morgan fingerprint density at radius 2 is 2.29 bits per heavy atom. The zero-order valence-electron chi connectivity index (χ0n) is 12.0. The Kier molecular flexibility index (Phi) is 4.49. The second-order valence-corrected chi connectivity index (χ2v) is 6.15. The van der Waals surface area contributed by atoms with Gasteiger partial charge in [-0.1, -0.05) is 23.3 Å². The summed E-state index contributed by atoms with van der Waals surface area (Å²) >= 11 is 5.96. The lowest BCUT2D eigenvalue weighted by Gasteiger charge is -2.14. The number of allylic oxidation sites excluding steroid dienone is 1. The molecule has 2 aliphatic rings. The van der Waals surface area contributed by atoms with Crippen molar-refractivity contribution >= 4 is 17.5 Å². The van der Waals surface area contributed by atoms with Crippen molar-refractivity contribution in [2.24, 2.45) is 0 Å². The van der Waals surface area contributed by atoms with Gasteiger partial charge >= 0.3 is 0 Å². The van der Waals surface area contributed by atoms with Crippen LogP contribution in [0.25, 0.3) is 0 Å². The minimum Gasteiger partial charge on any atom is -0.480 e. The third kappa shape index (κ3) is 3.59. The van der Waals surface area contributed by atoms with Crippen molar-refractivity contribution < 1.29 is 9.53 Å². The third-order valence-corrected chi connectivity index (χ3v) is 4.35. The molecule has 1 aliphatic heterocycles. The van der Waals surface area contributed by atoms with Crippen LogP contribution in [-0.4, -0.2) is 18.6 Å². The Morgan fingerprint density at radius 3 is 3.10 bits per heavy atom. The number of benzene rings is 1. The molecule has 0 saturated carbocycles. The quantitative estimate of drug-likeness (QED) is 0.862. The van der Waals surface area contributed by atoms with E-state index in [4.69, 9.17) is 16.3 Å². The van der Waals surface area contributed by atoms with Gasteiger partial charge in [0.15, 0.2) is 6.10 Å². The Labute approximate surface area is 130 Å². The van der Waals surface area contributed by atoms with Gasteiger partial charge in [-0.05, 0) is 55.9 Å². The summed E-state index contributed by atoms with van der Waals surface area (Å²) < 4.78 is 5.68. The van der Waals surface area contributed by atoms with Crippen molar-refractivity contribution in [2.75, 3.05) is 6.54 Å². The van der Waals surface area contributed by atoms with Crippen LogP contribution in [-0.2, 0) is 11.2 Å². The molecule has 0 radical (unpaired) electrons. The molecule has 4 heteroatoms. The summed E-state index contributed by atoms with van der Waals surface area (Å²) in [5.41, 5.74) is 2.49. The molecule has 1 N–H and O–H groups in total. The van der Waals surface area contributed by atoms with Crippen LogP contribution in [0, 0.1) is 0 Å². The molecule has 112 valence electrons. The van der Waals surface area contributed by atoms with Crippen LogP contribution in [0.3, 0.4) is 0 Å². The van der Waals surface area contributed by atoms with Gasteiger partial charge in [0, 0.05) is 18.0 Å². The largest absolute Gasteiger partial charge is 0.480 e. The van der Waals surface area contributed by atoms with E-state index >= 15 is 0 Å². The average Bonchev–Trinajstić information content (AvgIpc) is 2.91. The molecule has 1 aromatic carbocycles. The highest BCUT2D eigenvalue weighted by molar-refractivity contribution is 6.30. The Morgan fingerprint density at radius 1 is 1.38 bits per heavy atom. The van der Waals surface area contributed by atoms with Crippen LogP contribution < -0.4 is 10.1 Å². The van der Waals surface area contributed by atoms with Crippen molar-refractivity contribution in [1.29, 1.82) is 0 Å². The Bertz CT molecular complexity index is 568. The molecule has 1 atom stereocenters. The normalized spacial score (nSPS) is 20.4. The smallest absolute Gasteiger partial charge is 0.261 e. The maximum Gasteiger partial charge on any atom is 0.261 e. The van der Waals surface area contributed by atoms with Crippen LogP contribution in [0.2, 0.25) is 5.02 Å². The third-order valence-electron chi connectivity index (χ3n) is 4.12. The first kappa shape index (κ1) is 14.5. The Hall–Kier alpha value is -1.48. The molecular formula is C17H20ClNO2. The summed E-state index contributed by atoms with van der Waals surface area (Å²) in [7, 11) is 0. The summed E-state index contributed by atoms with van der Waals surface area (Å²) in [5, 5.41) is 3.67. The highest BCUT2D eigenvalue weighted by atomic mass is 35.5. The van der Waals surface area contributed by atoms with E-state index in [0.717, 1.165) is 17.7 Å². The van der Waals surface area contributed by atoms with E-state index in [0.29, 0.717) is 18.0 Å². The molecule has 0 saturated heterocycles. The molecule has 0 spiro atoms. The first-order valence-electron chi connectivity index (χ1n) is 7.63. The van der Waals surface area contributed by atoms with E-state index in [9.17, 15) is 4.79 Å². The second kappa shape index (κ2) is 6.52. The zero-order chi connectivity index (χ0) is 14.7. The average molecular weight is 306 g/mol. The number of amides is 1. The van der Waals surface area contributed by atoms with Crippen molar-refractivity contribution in [3.63, 3.8) is 0 Å². The van der Waals surface area contributed by atoms with Crippen LogP contribution in [0.4, 0.5) is 0 Å². The molecule has 21 heavy (non-hydrogen) atoms. The van der Waals surface area contributed by atoms with Gasteiger partial charge in [0.05, 0.1) is 0 Å². The first-order valence-corrected chi connectivity index (χ1v) is 8.01. The van der Waals surface area contributed by atoms with Gasteiger partial charge in [0.25, 0.3) is 5.91 Å². The van der Waals surface area contributed by atoms with Gasteiger partial charge in [0.2, 0.25) is 0 Å². The zero-order valence-corrected chi connectivity index (χ0v) is 12.8. The summed E-state index contributed by atoms with van der Waals surface area (Å²) in [5.74, 6) is 0.744. The van der Waals surface area contributed by atoms with Crippen molar-refractivity contribution in [1.82, 2.24) is 5.32 Å². The minimum atomic E-state index is -0.418. The van der Waals surface area contributed by atoms with Gasteiger partial charge in [0.1, 0.15) is 5.75 Å². The van der Waals surface area contributed by atoms with E-state index in [1.54, 1.807) is 6.07 Å². The molecule has 1 amide bonds. The maximum atomic E-state index is 12.2. The molecule has 0 aromatic heterocycles. The number of hydrogen-bond donors (Lipinski definition) is 1. The van der Waals surface area contributed by atoms with Gasteiger partial charge in [-0.15, -0.1) is 0 Å². The summed E-state index contributed by atoms with van der Waals surface area (Å²) in [4.78, 5) is 12.2. The summed E-state index contributed by atoms with van der Waals surface area (Å²) in [6, 6.07) is 5.49. The lowest BCUT2D eigenvalue weighted by atomic mass is 9.97. The van der Waals surface area contributed by atoms with Crippen molar-refractivity contribution in [3.05, 3.63) is 40.4 Å². The van der Waals surface area contributed by atoms with Crippen LogP contribution in [0.15, 0.2) is 29.8 Å². The molecule has 1 aromatic rings. The standard InChI is InChI=1S/C17H20ClNO2/c18-14-6-7-15-13(10-14)11-16(21-15)17(20)19-9-8-12-4-2-1-3-5-12/h4,6-7,10,16H,1-3,5,8-9,11H2,(H,19,20)/t16-/m0/s1. The monoisotopic (exact) mass is 305 g/mol. The predicted molar refractivity (Wildman–Crippen MR) is 83.7 cm³/mol. The Balaban J connectivity index is 1.48. The van der Waals surface area contributed by atoms with Crippen LogP contribution in [0.5, 0.6) is 5.75 Å². The van der Waals surface area contributed by atoms with E-state index < -0.39 is 6.10 Å². The van der Waals surface area contributed by atoms with Crippen LogP contribution in [0.1, 0.15) is 37.7 Å². The molecular weight excluding hydrogens is 286 g/mol. The highest BCUT2D eigenvalue weighted by Gasteiger charge is 2.28. The molecule has 0 fully saturated rings. The van der Waals surface area contributed by atoms with Crippen LogP contribution >= 0.6 is 11.6 Å². The SMILES string of the molecule is O=C(NCCC1=CCCCC1)[C@@H]1Cc2cc(Cl)ccc2O1. The number of hydrogen-bond acceptors (Lipinski definition) is 2. The molecule has 1 aliphatic carbocycles. The number of carbonyl (C=O) groups is 1. The molecule has 0 bridgehead atoms. The maximum absolute atomic E-state index is 12.2. The topological polar surface area (TPSA) is 38.3 Å². The van der Waals surface area contributed by atoms with Gasteiger partial charge < -0.3 is 10.1 Å². The van der Waals surface area contributed by atoms with E-state index in [1.165, 1.54) is 31.3 Å². The van der Waals surface area contributed by atoms with Crippen molar-refractivity contribution in [3.8, 4) is 5.75 Å². The fraction of sp³-hybridized carbons (Fsp3) is 0.471.